The fraction of sp³-hybridized carbons (Fsp3) is 0.467. The molecule has 2 aromatic carbocycles. The number of aliphatic carboxylic acids is 1. The highest BCUT2D eigenvalue weighted by Crippen LogP contribution is 2.35. The van der Waals surface area contributed by atoms with Gasteiger partial charge in [0.2, 0.25) is 5.91 Å². The highest BCUT2D eigenvalue weighted by molar-refractivity contribution is 6.07. The number of likely N-dealkylation sites (tertiary alicyclic amines) is 1. The minimum atomic E-state index is -1.14. The molecule has 9 heteroatoms. The molecule has 39 heavy (non-hydrogen) atoms. The molecular weight excluding hydrogens is 496 g/mol. The molecule has 0 aromatic heterocycles. The van der Waals surface area contributed by atoms with Crippen LogP contribution in [-0.2, 0) is 16.0 Å². The average Bonchev–Trinajstić information content (AvgIpc) is 2.98. The minimum Gasteiger partial charge on any atom is -0.480 e. The number of carboxylic acids is 1. The monoisotopic (exact) mass is 532 g/mol. The number of urea groups is 1. The van der Waals surface area contributed by atoms with Gasteiger partial charge < -0.3 is 20.2 Å². The Morgan fingerprint density at radius 3 is 2.00 bits per heavy atom. The van der Waals surface area contributed by atoms with Crippen molar-refractivity contribution in [1.29, 1.82) is 0 Å². The predicted octanol–water partition coefficient (Wildman–Crippen LogP) is 3.10. The minimum absolute atomic E-state index is 0.111. The number of nitrogens with one attached hydrogen (secondary N) is 1. The van der Waals surface area contributed by atoms with Crippen molar-refractivity contribution in [1.82, 2.24) is 20.0 Å². The van der Waals surface area contributed by atoms with Gasteiger partial charge in [0.05, 0.1) is 5.92 Å². The maximum atomic E-state index is 13.2. The Morgan fingerprint density at radius 2 is 1.44 bits per heavy atom. The van der Waals surface area contributed by atoms with Gasteiger partial charge in [-0.05, 0) is 73.5 Å². The number of carboxylic acid groups (broad SMARTS) is 1. The van der Waals surface area contributed by atoms with E-state index in [1.54, 1.807) is 4.90 Å². The van der Waals surface area contributed by atoms with Crippen molar-refractivity contribution in [3.63, 3.8) is 0 Å². The van der Waals surface area contributed by atoms with Crippen LogP contribution in [0.25, 0.3) is 11.1 Å². The second-order valence-corrected chi connectivity index (χ2v) is 10.7. The average molecular weight is 533 g/mol. The third-order valence-electron chi connectivity index (χ3n) is 8.38. The molecule has 0 spiro atoms. The molecule has 4 amide bonds. The molecule has 3 aliphatic heterocycles. The summed E-state index contributed by atoms with van der Waals surface area (Å²) in [6, 6.07) is 14.2. The van der Waals surface area contributed by atoms with Crippen LogP contribution in [0.4, 0.5) is 4.79 Å². The van der Waals surface area contributed by atoms with E-state index in [0.29, 0.717) is 31.0 Å². The van der Waals surface area contributed by atoms with Gasteiger partial charge in [0, 0.05) is 31.7 Å². The zero-order chi connectivity index (χ0) is 27.5. The maximum Gasteiger partial charge on any atom is 0.327 e. The van der Waals surface area contributed by atoms with Crippen molar-refractivity contribution < 1.29 is 24.3 Å². The quantitative estimate of drug-likeness (QED) is 0.554. The first-order valence-electron chi connectivity index (χ1n) is 13.9. The molecule has 2 atom stereocenters. The number of amides is 4. The topological polar surface area (TPSA) is 110 Å². The van der Waals surface area contributed by atoms with E-state index in [1.807, 2.05) is 24.3 Å². The number of hydrogen-bond acceptors (Lipinski definition) is 5. The summed E-state index contributed by atoms with van der Waals surface area (Å²) in [5.41, 5.74) is 3.98. The lowest BCUT2D eigenvalue weighted by atomic mass is 9.78. The van der Waals surface area contributed by atoms with E-state index in [1.165, 1.54) is 10.5 Å². The molecule has 3 aliphatic rings. The Morgan fingerprint density at radius 1 is 0.872 bits per heavy atom. The maximum absolute atomic E-state index is 13.2. The Balaban J connectivity index is 1.16. The van der Waals surface area contributed by atoms with Crippen LogP contribution in [0.15, 0.2) is 48.5 Å². The lowest BCUT2D eigenvalue weighted by molar-refractivity contribution is -0.167. The van der Waals surface area contributed by atoms with Crippen molar-refractivity contribution in [3.05, 3.63) is 59.7 Å². The fourth-order valence-electron chi connectivity index (χ4n) is 5.92. The van der Waals surface area contributed by atoms with Crippen molar-refractivity contribution >= 4 is 23.8 Å². The van der Waals surface area contributed by atoms with Crippen LogP contribution < -0.4 is 5.32 Å². The SMILES string of the molecule is CCc1ccc(-c2ccc(C(=O)N3CCN(C(=O)N4C(=O)[C@H](CC5CCNCC5)[C@H]4C(=O)O)CC3)cc2)cc1. The third kappa shape index (κ3) is 5.54. The summed E-state index contributed by atoms with van der Waals surface area (Å²) in [4.78, 5) is 55.2. The van der Waals surface area contributed by atoms with Gasteiger partial charge in [-0.25, -0.2) is 14.5 Å². The van der Waals surface area contributed by atoms with E-state index < -0.39 is 29.9 Å². The number of imide groups is 1. The summed E-state index contributed by atoms with van der Waals surface area (Å²) in [7, 11) is 0. The van der Waals surface area contributed by atoms with Crippen molar-refractivity contribution in [3.8, 4) is 11.1 Å². The number of hydrogen-bond donors (Lipinski definition) is 2. The van der Waals surface area contributed by atoms with E-state index in [0.717, 1.165) is 48.4 Å². The van der Waals surface area contributed by atoms with Gasteiger partial charge in [0.25, 0.3) is 5.91 Å². The molecule has 0 aliphatic carbocycles. The molecule has 3 saturated heterocycles. The fourth-order valence-corrected chi connectivity index (χ4v) is 5.92. The molecular formula is C30H36N4O5. The molecule has 2 aromatic rings. The van der Waals surface area contributed by atoms with Crippen LogP contribution >= 0.6 is 0 Å². The highest BCUT2D eigenvalue weighted by atomic mass is 16.4. The number of rotatable bonds is 6. The summed E-state index contributed by atoms with van der Waals surface area (Å²) < 4.78 is 0. The van der Waals surface area contributed by atoms with Gasteiger partial charge in [-0.2, -0.15) is 0 Å². The Hall–Kier alpha value is -3.72. The molecule has 9 nitrogen and oxygen atoms in total. The third-order valence-corrected chi connectivity index (χ3v) is 8.38. The summed E-state index contributed by atoms with van der Waals surface area (Å²) >= 11 is 0. The highest BCUT2D eigenvalue weighted by Gasteiger charge is 2.56. The normalized spacial score (nSPS) is 22.0. The first-order valence-corrected chi connectivity index (χ1v) is 13.9. The van der Waals surface area contributed by atoms with Crippen LogP contribution in [-0.4, -0.2) is 88.9 Å². The summed E-state index contributed by atoms with van der Waals surface area (Å²) in [6.45, 7) is 5.00. The number of carbonyl (C=O) groups excluding carboxylic acids is 3. The van der Waals surface area contributed by atoms with Crippen LogP contribution in [0.1, 0.15) is 42.1 Å². The first kappa shape index (κ1) is 26.9. The number of piperazine rings is 1. The molecule has 2 N–H and O–H groups in total. The summed E-state index contributed by atoms with van der Waals surface area (Å²) in [5, 5.41) is 13.1. The predicted molar refractivity (Wildman–Crippen MR) is 146 cm³/mol. The van der Waals surface area contributed by atoms with Gasteiger partial charge >= 0.3 is 12.0 Å². The zero-order valence-electron chi connectivity index (χ0n) is 22.3. The molecule has 0 unspecified atom stereocenters. The van der Waals surface area contributed by atoms with Gasteiger partial charge in [-0.3, -0.25) is 9.59 Å². The van der Waals surface area contributed by atoms with Gasteiger partial charge in [-0.15, -0.1) is 0 Å². The van der Waals surface area contributed by atoms with E-state index in [2.05, 4.69) is 36.5 Å². The molecule has 0 saturated carbocycles. The van der Waals surface area contributed by atoms with Crippen molar-refractivity contribution in [2.24, 2.45) is 11.8 Å². The molecule has 0 radical (unpaired) electrons. The molecule has 3 fully saturated rings. The van der Waals surface area contributed by atoms with E-state index in [9.17, 15) is 24.3 Å². The summed E-state index contributed by atoms with van der Waals surface area (Å²) in [5.74, 6) is -2.00. The smallest absolute Gasteiger partial charge is 0.327 e. The second-order valence-electron chi connectivity index (χ2n) is 10.7. The molecule has 3 heterocycles. The zero-order valence-corrected chi connectivity index (χ0v) is 22.3. The number of benzene rings is 2. The van der Waals surface area contributed by atoms with Crippen molar-refractivity contribution in [2.75, 3.05) is 39.3 Å². The van der Waals surface area contributed by atoms with Crippen LogP contribution in [0.5, 0.6) is 0 Å². The van der Waals surface area contributed by atoms with Crippen LogP contribution in [0.3, 0.4) is 0 Å². The number of nitrogens with zero attached hydrogens (tertiary/aromatic N) is 3. The lowest BCUT2D eigenvalue weighted by Crippen LogP contribution is -2.69. The van der Waals surface area contributed by atoms with Gasteiger partial charge in [0.15, 0.2) is 6.04 Å². The summed E-state index contributed by atoms with van der Waals surface area (Å²) in [6.07, 6.45) is 3.32. The number of carbonyl (C=O) groups is 4. The Labute approximate surface area is 228 Å². The second kappa shape index (κ2) is 11.6. The first-order chi connectivity index (χ1) is 18.9. The standard InChI is InChI=1S/C30H36N4O5/c1-2-20-3-5-22(6-4-20)23-7-9-24(10-8-23)27(35)32-15-17-33(18-16-32)30(39)34-26(29(37)38)25(28(34)36)19-21-11-13-31-14-12-21/h3-10,21,25-26,31H,2,11-19H2,1H3,(H,37,38)/t25-,26+/m1/s1. The van der Waals surface area contributed by atoms with E-state index in [-0.39, 0.29) is 19.0 Å². The largest absolute Gasteiger partial charge is 0.480 e. The molecule has 206 valence electrons. The number of aryl methyl sites for hydroxylation is 1. The number of β-lactam (4-membered cyclic amide) rings is 1. The van der Waals surface area contributed by atoms with Gasteiger partial charge in [-0.1, -0.05) is 43.3 Å². The Kier molecular flexibility index (Phi) is 7.97. The number of piperidine rings is 1. The van der Waals surface area contributed by atoms with E-state index in [4.69, 9.17) is 0 Å². The van der Waals surface area contributed by atoms with E-state index >= 15 is 0 Å². The molecule has 0 bridgehead atoms. The molecule has 5 rings (SSSR count). The van der Waals surface area contributed by atoms with Crippen LogP contribution in [0, 0.1) is 11.8 Å². The lowest BCUT2D eigenvalue weighted by Gasteiger charge is -2.47. The van der Waals surface area contributed by atoms with Gasteiger partial charge in [0.1, 0.15) is 0 Å². The van der Waals surface area contributed by atoms with Crippen LogP contribution in [0.2, 0.25) is 0 Å². The van der Waals surface area contributed by atoms with Crippen molar-refractivity contribution in [2.45, 2.75) is 38.6 Å². The Bertz CT molecular complexity index is 1210.